The van der Waals surface area contributed by atoms with Crippen molar-refractivity contribution in [2.24, 2.45) is 5.92 Å². The summed E-state index contributed by atoms with van der Waals surface area (Å²) in [6, 6.07) is 7.89. The number of anilines is 1. The van der Waals surface area contributed by atoms with Crippen molar-refractivity contribution in [3.05, 3.63) is 29.8 Å². The van der Waals surface area contributed by atoms with Gasteiger partial charge in [0.05, 0.1) is 5.92 Å². The molecule has 1 aliphatic heterocycles. The van der Waals surface area contributed by atoms with E-state index in [9.17, 15) is 4.79 Å². The van der Waals surface area contributed by atoms with Crippen molar-refractivity contribution >= 4 is 11.7 Å². The van der Waals surface area contributed by atoms with Crippen LogP contribution < -0.4 is 5.32 Å². The molecule has 0 unspecified atom stereocenters. The van der Waals surface area contributed by atoms with Crippen LogP contribution in [0, 0.1) is 5.92 Å². The molecular formula is C12H15NO2. The molecule has 0 fully saturated rings. The van der Waals surface area contributed by atoms with Gasteiger partial charge in [0.2, 0.25) is 0 Å². The van der Waals surface area contributed by atoms with Gasteiger partial charge in [-0.3, -0.25) is 4.79 Å². The Kier molecular flexibility index (Phi) is 2.39. The molecule has 1 heterocycles. The lowest BCUT2D eigenvalue weighted by Gasteiger charge is -2.34. The third-order valence-electron chi connectivity index (χ3n) is 3.20. The van der Waals surface area contributed by atoms with Crippen LogP contribution in [0.15, 0.2) is 24.3 Å². The zero-order valence-electron chi connectivity index (χ0n) is 8.90. The van der Waals surface area contributed by atoms with Gasteiger partial charge >= 0.3 is 5.97 Å². The summed E-state index contributed by atoms with van der Waals surface area (Å²) >= 11 is 0. The van der Waals surface area contributed by atoms with Crippen LogP contribution in [0.3, 0.4) is 0 Å². The smallest absolute Gasteiger partial charge is 0.309 e. The SMILES string of the molecule is C[C@@H]1Nc2ccccc2[C@@H](C)[C@@H]1C(=O)O. The Morgan fingerprint density at radius 2 is 2.00 bits per heavy atom. The number of aliphatic carboxylic acids is 1. The van der Waals surface area contributed by atoms with Crippen molar-refractivity contribution in [3.63, 3.8) is 0 Å². The maximum atomic E-state index is 11.1. The second kappa shape index (κ2) is 3.57. The first kappa shape index (κ1) is 10.0. The standard InChI is InChI=1S/C12H15NO2/c1-7-9-5-3-4-6-10(9)13-8(2)11(7)12(14)15/h3-8,11,13H,1-2H3,(H,14,15)/t7-,8+,11+/m1/s1. The highest BCUT2D eigenvalue weighted by molar-refractivity contribution is 5.75. The molecule has 3 nitrogen and oxygen atoms in total. The van der Waals surface area contributed by atoms with E-state index in [1.54, 1.807) is 0 Å². The van der Waals surface area contributed by atoms with E-state index in [0.717, 1.165) is 11.3 Å². The molecule has 1 aromatic carbocycles. The van der Waals surface area contributed by atoms with Gasteiger partial charge in [-0.15, -0.1) is 0 Å². The molecule has 0 saturated heterocycles. The summed E-state index contributed by atoms with van der Waals surface area (Å²) in [5.41, 5.74) is 2.16. The molecule has 3 atom stereocenters. The van der Waals surface area contributed by atoms with E-state index in [0.29, 0.717) is 0 Å². The van der Waals surface area contributed by atoms with Gasteiger partial charge < -0.3 is 10.4 Å². The van der Waals surface area contributed by atoms with Crippen molar-refractivity contribution in [1.29, 1.82) is 0 Å². The molecule has 2 N–H and O–H groups in total. The molecule has 0 spiro atoms. The van der Waals surface area contributed by atoms with E-state index in [1.807, 2.05) is 38.1 Å². The Labute approximate surface area is 89.1 Å². The van der Waals surface area contributed by atoms with Crippen molar-refractivity contribution in [2.75, 3.05) is 5.32 Å². The molecule has 0 saturated carbocycles. The van der Waals surface area contributed by atoms with Crippen LogP contribution in [0.2, 0.25) is 0 Å². The fourth-order valence-corrected chi connectivity index (χ4v) is 2.41. The van der Waals surface area contributed by atoms with E-state index in [1.165, 1.54) is 0 Å². The molecule has 0 aromatic heterocycles. The summed E-state index contributed by atoms with van der Waals surface area (Å²) in [4.78, 5) is 11.1. The Morgan fingerprint density at radius 3 is 2.67 bits per heavy atom. The van der Waals surface area contributed by atoms with Gasteiger partial charge in [0.1, 0.15) is 0 Å². The lowest BCUT2D eigenvalue weighted by Crippen LogP contribution is -2.39. The van der Waals surface area contributed by atoms with Gasteiger partial charge in [-0.2, -0.15) is 0 Å². The molecule has 15 heavy (non-hydrogen) atoms. The zero-order valence-corrected chi connectivity index (χ0v) is 8.90. The average Bonchev–Trinajstić information content (AvgIpc) is 2.17. The zero-order chi connectivity index (χ0) is 11.0. The molecule has 0 radical (unpaired) electrons. The monoisotopic (exact) mass is 205 g/mol. The number of fused-ring (bicyclic) bond motifs is 1. The second-order valence-electron chi connectivity index (χ2n) is 4.17. The van der Waals surface area contributed by atoms with Crippen molar-refractivity contribution in [2.45, 2.75) is 25.8 Å². The minimum absolute atomic E-state index is 0.0209. The largest absolute Gasteiger partial charge is 0.481 e. The highest BCUT2D eigenvalue weighted by Gasteiger charge is 2.36. The predicted octanol–water partition coefficient (Wildman–Crippen LogP) is 2.30. The number of carboxylic acid groups (broad SMARTS) is 1. The van der Waals surface area contributed by atoms with Gasteiger partial charge in [0.15, 0.2) is 0 Å². The maximum absolute atomic E-state index is 11.1. The molecule has 0 aliphatic carbocycles. The fourth-order valence-electron chi connectivity index (χ4n) is 2.41. The van der Waals surface area contributed by atoms with Crippen molar-refractivity contribution < 1.29 is 9.90 Å². The lowest BCUT2D eigenvalue weighted by atomic mass is 9.79. The number of nitrogens with one attached hydrogen (secondary N) is 1. The first-order valence-corrected chi connectivity index (χ1v) is 5.19. The van der Waals surface area contributed by atoms with Crippen LogP contribution in [0.4, 0.5) is 5.69 Å². The Balaban J connectivity index is 2.42. The second-order valence-corrected chi connectivity index (χ2v) is 4.17. The van der Waals surface area contributed by atoms with E-state index in [4.69, 9.17) is 5.11 Å². The summed E-state index contributed by atoms with van der Waals surface area (Å²) in [5, 5.41) is 12.4. The number of hydrogen-bond donors (Lipinski definition) is 2. The summed E-state index contributed by atoms with van der Waals surface area (Å²) in [6.07, 6.45) is 0. The number of para-hydroxylation sites is 1. The van der Waals surface area contributed by atoms with Gasteiger partial charge in [-0.1, -0.05) is 25.1 Å². The first-order valence-electron chi connectivity index (χ1n) is 5.19. The van der Waals surface area contributed by atoms with Crippen molar-refractivity contribution in [3.8, 4) is 0 Å². The molecule has 3 heteroatoms. The van der Waals surface area contributed by atoms with Crippen LogP contribution >= 0.6 is 0 Å². The van der Waals surface area contributed by atoms with E-state index in [2.05, 4.69) is 5.32 Å². The van der Waals surface area contributed by atoms with Gasteiger partial charge in [0.25, 0.3) is 0 Å². The molecular weight excluding hydrogens is 190 g/mol. The fraction of sp³-hybridized carbons (Fsp3) is 0.417. The third-order valence-corrected chi connectivity index (χ3v) is 3.20. The van der Waals surface area contributed by atoms with Crippen LogP contribution in [0.25, 0.3) is 0 Å². The number of rotatable bonds is 1. The predicted molar refractivity (Wildman–Crippen MR) is 59.1 cm³/mol. The highest BCUT2D eigenvalue weighted by Crippen LogP contribution is 2.37. The minimum atomic E-state index is -0.725. The highest BCUT2D eigenvalue weighted by atomic mass is 16.4. The molecule has 2 rings (SSSR count). The van der Waals surface area contributed by atoms with Crippen LogP contribution in [0.1, 0.15) is 25.3 Å². The Bertz CT molecular complexity index is 389. The average molecular weight is 205 g/mol. The number of carboxylic acids is 1. The van der Waals surface area contributed by atoms with Crippen LogP contribution in [-0.4, -0.2) is 17.1 Å². The lowest BCUT2D eigenvalue weighted by molar-refractivity contribution is -0.142. The van der Waals surface area contributed by atoms with E-state index >= 15 is 0 Å². The first-order chi connectivity index (χ1) is 7.11. The van der Waals surface area contributed by atoms with Gasteiger partial charge in [-0.25, -0.2) is 0 Å². The molecule has 1 aromatic rings. The van der Waals surface area contributed by atoms with E-state index in [-0.39, 0.29) is 17.9 Å². The van der Waals surface area contributed by atoms with Gasteiger partial charge in [0, 0.05) is 11.7 Å². The summed E-state index contributed by atoms with van der Waals surface area (Å²) in [7, 11) is 0. The maximum Gasteiger partial charge on any atom is 0.309 e. The minimum Gasteiger partial charge on any atom is -0.481 e. The van der Waals surface area contributed by atoms with Crippen LogP contribution in [0.5, 0.6) is 0 Å². The quantitative estimate of drug-likeness (QED) is 0.739. The third kappa shape index (κ3) is 1.58. The topological polar surface area (TPSA) is 49.3 Å². The summed E-state index contributed by atoms with van der Waals surface area (Å²) in [6.45, 7) is 3.90. The molecule has 0 bridgehead atoms. The molecule has 1 aliphatic rings. The number of carbonyl (C=O) groups is 1. The molecule has 80 valence electrons. The van der Waals surface area contributed by atoms with Crippen LogP contribution in [-0.2, 0) is 4.79 Å². The Morgan fingerprint density at radius 1 is 1.33 bits per heavy atom. The van der Waals surface area contributed by atoms with E-state index < -0.39 is 5.97 Å². The van der Waals surface area contributed by atoms with Crippen molar-refractivity contribution in [1.82, 2.24) is 0 Å². The Hall–Kier alpha value is -1.51. The van der Waals surface area contributed by atoms with Gasteiger partial charge in [-0.05, 0) is 24.5 Å². The molecule has 0 amide bonds. The number of benzene rings is 1. The normalized spacial score (nSPS) is 29.1. The number of hydrogen-bond acceptors (Lipinski definition) is 2. The summed E-state index contributed by atoms with van der Waals surface area (Å²) in [5.74, 6) is -1.01. The summed E-state index contributed by atoms with van der Waals surface area (Å²) < 4.78 is 0.